The van der Waals surface area contributed by atoms with Gasteiger partial charge in [0.1, 0.15) is 0 Å². The van der Waals surface area contributed by atoms with Gasteiger partial charge in [0.15, 0.2) is 0 Å². The second-order valence-electron chi connectivity index (χ2n) is 18.1. The normalized spacial score (nSPS) is 22.2. The molecular weight excluding hydrogens is 613 g/mol. The van der Waals surface area contributed by atoms with Crippen molar-refractivity contribution in [3.05, 3.63) is 124 Å². The number of benzene rings is 1. The van der Waals surface area contributed by atoms with Crippen LogP contribution in [-0.4, -0.2) is 0 Å². The Balaban J connectivity index is 1.94. The summed E-state index contributed by atoms with van der Waals surface area (Å²) >= 11 is 0. The lowest BCUT2D eigenvalue weighted by atomic mass is 9.69. The van der Waals surface area contributed by atoms with Crippen molar-refractivity contribution < 1.29 is 0 Å². The van der Waals surface area contributed by atoms with E-state index in [4.69, 9.17) is 0 Å². The molecule has 3 rings (SSSR count). The SMILES string of the molecule is C=C1CCC(C(C)(C)C)C/C1=C/C(/C=C(C)/C(=C\C)C(C)[C@H](CCC(C)CCC(CC)C(C)C)c1ccc(C2=CC(C)C(=C)C=C2)cc1)=C(C)C. The van der Waals surface area contributed by atoms with Crippen molar-refractivity contribution in [2.24, 2.45) is 40.9 Å². The van der Waals surface area contributed by atoms with E-state index in [9.17, 15) is 0 Å². The molecule has 0 heteroatoms. The van der Waals surface area contributed by atoms with E-state index >= 15 is 0 Å². The molecule has 2 aliphatic carbocycles. The zero-order valence-electron chi connectivity index (χ0n) is 35.4. The summed E-state index contributed by atoms with van der Waals surface area (Å²) in [7, 11) is 0. The molecule has 0 amide bonds. The molecule has 0 heterocycles. The fourth-order valence-electron chi connectivity index (χ4n) is 8.54. The highest BCUT2D eigenvalue weighted by molar-refractivity contribution is 5.77. The van der Waals surface area contributed by atoms with Crippen molar-refractivity contribution in [1.82, 2.24) is 0 Å². The molecule has 1 aromatic carbocycles. The third-order valence-electron chi connectivity index (χ3n) is 12.7. The van der Waals surface area contributed by atoms with Crippen LogP contribution >= 0.6 is 0 Å². The van der Waals surface area contributed by atoms with E-state index in [1.807, 2.05) is 0 Å². The van der Waals surface area contributed by atoms with Crippen LogP contribution in [0.1, 0.15) is 158 Å². The molecule has 5 unspecified atom stereocenters. The topological polar surface area (TPSA) is 0 Å². The summed E-state index contributed by atoms with van der Waals surface area (Å²) in [5, 5.41) is 0. The van der Waals surface area contributed by atoms with Gasteiger partial charge in [-0.25, -0.2) is 0 Å². The smallest absolute Gasteiger partial charge is 0.000709 e. The lowest BCUT2D eigenvalue weighted by Crippen LogP contribution is -2.24. The van der Waals surface area contributed by atoms with Gasteiger partial charge in [0.05, 0.1) is 0 Å². The number of hydrogen-bond donors (Lipinski definition) is 0. The lowest BCUT2D eigenvalue weighted by molar-refractivity contribution is 0.215. The van der Waals surface area contributed by atoms with Gasteiger partial charge in [-0.1, -0.05) is 167 Å². The molecule has 280 valence electrons. The van der Waals surface area contributed by atoms with Crippen LogP contribution < -0.4 is 0 Å². The van der Waals surface area contributed by atoms with Crippen molar-refractivity contribution in [2.75, 3.05) is 0 Å². The minimum Gasteiger partial charge on any atom is -0.0956 e. The predicted molar refractivity (Wildman–Crippen MR) is 230 cm³/mol. The van der Waals surface area contributed by atoms with Crippen LogP contribution in [0.15, 0.2) is 113 Å². The molecule has 1 fully saturated rings. The molecule has 0 bridgehead atoms. The highest BCUT2D eigenvalue weighted by atomic mass is 14.3. The Morgan fingerprint density at radius 2 is 1.57 bits per heavy atom. The quantitative estimate of drug-likeness (QED) is 0.161. The molecule has 0 nitrogen and oxygen atoms in total. The van der Waals surface area contributed by atoms with Crippen LogP contribution in [0.3, 0.4) is 0 Å². The fraction of sp³-hybridized carbons (Fsp3) is 0.569. The number of allylic oxidation sites excluding steroid dienone is 14. The molecule has 6 atom stereocenters. The Morgan fingerprint density at radius 1 is 0.922 bits per heavy atom. The van der Waals surface area contributed by atoms with Gasteiger partial charge in [0.2, 0.25) is 0 Å². The minimum absolute atomic E-state index is 0.318. The first-order valence-electron chi connectivity index (χ1n) is 20.6. The number of hydrogen-bond acceptors (Lipinski definition) is 0. The molecule has 0 radical (unpaired) electrons. The van der Waals surface area contributed by atoms with Crippen molar-refractivity contribution in [3.63, 3.8) is 0 Å². The monoisotopic (exact) mass is 689 g/mol. The maximum Gasteiger partial charge on any atom is -0.000709 e. The minimum atomic E-state index is 0.318. The molecule has 0 N–H and O–H groups in total. The van der Waals surface area contributed by atoms with E-state index in [1.54, 1.807) is 0 Å². The van der Waals surface area contributed by atoms with Crippen molar-refractivity contribution in [2.45, 2.75) is 147 Å². The third kappa shape index (κ3) is 12.1. The maximum atomic E-state index is 4.52. The van der Waals surface area contributed by atoms with Gasteiger partial charge in [-0.2, -0.15) is 0 Å². The third-order valence-corrected chi connectivity index (χ3v) is 12.7. The van der Waals surface area contributed by atoms with Crippen LogP contribution in [0, 0.1) is 40.9 Å². The van der Waals surface area contributed by atoms with Gasteiger partial charge in [-0.3, -0.25) is 0 Å². The first-order chi connectivity index (χ1) is 24.0. The van der Waals surface area contributed by atoms with E-state index < -0.39 is 0 Å². The molecule has 51 heavy (non-hydrogen) atoms. The summed E-state index contributed by atoms with van der Waals surface area (Å²) in [5.41, 5.74) is 13.9. The predicted octanol–water partition coefficient (Wildman–Crippen LogP) is 16.0. The van der Waals surface area contributed by atoms with Gasteiger partial charge in [0, 0.05) is 0 Å². The molecule has 0 aliphatic heterocycles. The largest absolute Gasteiger partial charge is 0.0956 e. The zero-order chi connectivity index (χ0) is 38.0. The van der Waals surface area contributed by atoms with Crippen LogP contribution in [0.4, 0.5) is 0 Å². The summed E-state index contributed by atoms with van der Waals surface area (Å²) in [6.07, 6.45) is 24.0. The van der Waals surface area contributed by atoms with Gasteiger partial charge < -0.3 is 0 Å². The highest BCUT2D eigenvalue weighted by Gasteiger charge is 2.30. The van der Waals surface area contributed by atoms with Crippen LogP contribution in [0.2, 0.25) is 0 Å². The van der Waals surface area contributed by atoms with E-state index in [1.165, 1.54) is 94.2 Å². The summed E-state index contributed by atoms with van der Waals surface area (Å²) < 4.78 is 0. The van der Waals surface area contributed by atoms with Crippen LogP contribution in [0.25, 0.3) is 5.57 Å². The summed E-state index contributed by atoms with van der Waals surface area (Å²) in [6, 6.07) is 9.57. The Bertz CT molecular complexity index is 1510. The molecule has 1 saturated carbocycles. The Hall–Kier alpha value is -2.86. The van der Waals surface area contributed by atoms with Gasteiger partial charge in [-0.15, -0.1) is 0 Å². The average molecular weight is 689 g/mol. The second kappa shape index (κ2) is 19.3. The second-order valence-corrected chi connectivity index (χ2v) is 18.1. The van der Waals surface area contributed by atoms with E-state index in [0.717, 1.165) is 30.6 Å². The molecular formula is C51H76. The summed E-state index contributed by atoms with van der Waals surface area (Å²) in [5.74, 6) is 4.28. The number of rotatable bonds is 15. The zero-order valence-corrected chi connectivity index (χ0v) is 35.4. The molecule has 0 aromatic heterocycles. The van der Waals surface area contributed by atoms with E-state index in [-0.39, 0.29) is 0 Å². The lowest BCUT2D eigenvalue weighted by Gasteiger charge is -2.36. The molecule has 1 aromatic rings. The van der Waals surface area contributed by atoms with E-state index in [0.29, 0.717) is 29.1 Å². The maximum absolute atomic E-state index is 4.52. The molecule has 0 saturated heterocycles. The standard InChI is InChI=1S/C51H76/c1-16-42(34(3)4)22-18-36(7)19-29-50(44-26-24-43(25-27-44)45-23-20-37(8)39(10)30-45)41(12)49(17-2)40(11)31-46(35(5)6)32-47-33-48(51(13,14)15)28-21-38(47)9/h17,20,23-27,30-32,34,36,39,41-42,48,50H,8-9,16,18-19,21-22,28-29,33H2,1-7,10-15H3/b40-31+,47-32-,49-17+/t36?,39?,41?,42?,48?,50-/m0/s1. The van der Waals surface area contributed by atoms with E-state index in [2.05, 4.69) is 164 Å². The van der Waals surface area contributed by atoms with Crippen molar-refractivity contribution >= 4 is 5.57 Å². The Labute approximate surface area is 316 Å². The average Bonchev–Trinajstić information content (AvgIpc) is 3.06. The highest BCUT2D eigenvalue weighted by Crippen LogP contribution is 2.43. The first kappa shape index (κ1) is 42.6. The van der Waals surface area contributed by atoms with Gasteiger partial charge >= 0.3 is 0 Å². The van der Waals surface area contributed by atoms with Gasteiger partial charge in [-0.05, 0) is 151 Å². The summed E-state index contributed by atoms with van der Waals surface area (Å²) in [4.78, 5) is 0. The van der Waals surface area contributed by atoms with Crippen molar-refractivity contribution in [1.29, 1.82) is 0 Å². The van der Waals surface area contributed by atoms with Crippen LogP contribution in [-0.2, 0) is 0 Å². The van der Waals surface area contributed by atoms with Crippen LogP contribution in [0.5, 0.6) is 0 Å². The molecule has 0 spiro atoms. The first-order valence-corrected chi connectivity index (χ1v) is 20.6. The summed E-state index contributed by atoms with van der Waals surface area (Å²) in [6.45, 7) is 39.4. The van der Waals surface area contributed by atoms with Gasteiger partial charge in [0.25, 0.3) is 0 Å². The Morgan fingerprint density at radius 3 is 2.12 bits per heavy atom. The Kier molecular flexibility index (Phi) is 16.1. The van der Waals surface area contributed by atoms with Crippen molar-refractivity contribution in [3.8, 4) is 0 Å². The fourth-order valence-corrected chi connectivity index (χ4v) is 8.54. The molecule has 2 aliphatic rings.